The molecule has 35 heavy (non-hydrogen) atoms. The van der Waals surface area contributed by atoms with Crippen LogP contribution < -0.4 is 10.6 Å². The first-order valence-electron chi connectivity index (χ1n) is 11.5. The first kappa shape index (κ1) is 22.3. The Balaban J connectivity index is 1.18. The SMILES string of the molecule is O=C(Nc1ccc(Nc2cc(-c3ccccc3)ncn2)cc1)C1CC(=O)N(Cc2ccccc2)C1. The summed E-state index contributed by atoms with van der Waals surface area (Å²) in [5.74, 6) is 0.186. The van der Waals surface area contributed by atoms with Crippen molar-refractivity contribution in [1.29, 1.82) is 0 Å². The van der Waals surface area contributed by atoms with Gasteiger partial charge >= 0.3 is 0 Å². The Morgan fingerprint density at radius 2 is 1.57 bits per heavy atom. The van der Waals surface area contributed by atoms with Crippen molar-refractivity contribution in [3.05, 3.63) is 103 Å². The van der Waals surface area contributed by atoms with Gasteiger partial charge in [-0.1, -0.05) is 60.7 Å². The van der Waals surface area contributed by atoms with E-state index in [4.69, 9.17) is 0 Å². The van der Waals surface area contributed by atoms with Gasteiger partial charge in [0.25, 0.3) is 0 Å². The third kappa shape index (κ3) is 5.52. The van der Waals surface area contributed by atoms with Gasteiger partial charge in [-0.3, -0.25) is 9.59 Å². The van der Waals surface area contributed by atoms with E-state index in [0.29, 0.717) is 24.6 Å². The maximum atomic E-state index is 12.8. The molecule has 0 aliphatic carbocycles. The van der Waals surface area contributed by atoms with Crippen LogP contribution in [0.2, 0.25) is 0 Å². The maximum absolute atomic E-state index is 12.8. The molecule has 0 spiro atoms. The zero-order chi connectivity index (χ0) is 24.0. The highest BCUT2D eigenvalue weighted by molar-refractivity contribution is 5.97. The number of likely N-dealkylation sites (tertiary alicyclic amines) is 1. The second kappa shape index (κ2) is 10.2. The van der Waals surface area contributed by atoms with Gasteiger partial charge in [-0.25, -0.2) is 9.97 Å². The van der Waals surface area contributed by atoms with Crippen LogP contribution in [0.1, 0.15) is 12.0 Å². The first-order valence-corrected chi connectivity index (χ1v) is 11.5. The van der Waals surface area contributed by atoms with Crippen molar-refractivity contribution >= 4 is 29.0 Å². The topological polar surface area (TPSA) is 87.2 Å². The van der Waals surface area contributed by atoms with Crippen molar-refractivity contribution in [2.75, 3.05) is 17.2 Å². The minimum absolute atomic E-state index is 0.00766. The molecule has 2 amide bonds. The quantitative estimate of drug-likeness (QED) is 0.408. The molecule has 2 heterocycles. The maximum Gasteiger partial charge on any atom is 0.229 e. The zero-order valence-electron chi connectivity index (χ0n) is 19.1. The molecule has 2 N–H and O–H groups in total. The molecule has 0 bridgehead atoms. The fraction of sp³-hybridized carbons (Fsp3) is 0.143. The fourth-order valence-electron chi connectivity index (χ4n) is 4.13. The molecule has 0 radical (unpaired) electrons. The summed E-state index contributed by atoms with van der Waals surface area (Å²) in [7, 11) is 0. The summed E-state index contributed by atoms with van der Waals surface area (Å²) in [6.07, 6.45) is 1.76. The predicted molar refractivity (Wildman–Crippen MR) is 136 cm³/mol. The molecule has 1 aliphatic heterocycles. The van der Waals surface area contributed by atoms with Crippen LogP contribution in [0.4, 0.5) is 17.2 Å². The highest BCUT2D eigenvalue weighted by Gasteiger charge is 2.34. The number of aromatic nitrogens is 2. The summed E-state index contributed by atoms with van der Waals surface area (Å²) in [6.45, 7) is 0.954. The largest absolute Gasteiger partial charge is 0.340 e. The van der Waals surface area contributed by atoms with E-state index in [-0.39, 0.29) is 24.2 Å². The van der Waals surface area contributed by atoms with Crippen LogP contribution in [-0.4, -0.2) is 33.2 Å². The Morgan fingerprint density at radius 3 is 2.31 bits per heavy atom. The van der Waals surface area contributed by atoms with E-state index >= 15 is 0 Å². The molecular formula is C28H25N5O2. The molecule has 174 valence electrons. The van der Waals surface area contributed by atoms with Crippen LogP contribution in [0.5, 0.6) is 0 Å². The van der Waals surface area contributed by atoms with Gasteiger partial charge in [-0.05, 0) is 29.8 Å². The molecular weight excluding hydrogens is 438 g/mol. The smallest absolute Gasteiger partial charge is 0.229 e. The minimum Gasteiger partial charge on any atom is -0.340 e. The summed E-state index contributed by atoms with van der Waals surface area (Å²) in [6, 6.07) is 29.0. The van der Waals surface area contributed by atoms with Crippen LogP contribution >= 0.6 is 0 Å². The van der Waals surface area contributed by atoms with Crippen molar-refractivity contribution in [1.82, 2.24) is 14.9 Å². The first-order chi connectivity index (χ1) is 17.1. The monoisotopic (exact) mass is 463 g/mol. The molecule has 1 aromatic heterocycles. The fourth-order valence-corrected chi connectivity index (χ4v) is 4.13. The van der Waals surface area contributed by atoms with Crippen LogP contribution in [0.3, 0.4) is 0 Å². The summed E-state index contributed by atoms with van der Waals surface area (Å²) < 4.78 is 0. The van der Waals surface area contributed by atoms with E-state index in [2.05, 4.69) is 20.6 Å². The lowest BCUT2D eigenvalue weighted by atomic mass is 10.1. The number of rotatable bonds is 7. The van der Waals surface area contributed by atoms with Crippen molar-refractivity contribution < 1.29 is 9.59 Å². The summed E-state index contributed by atoms with van der Waals surface area (Å²) >= 11 is 0. The number of nitrogens with zero attached hydrogens (tertiary/aromatic N) is 3. The van der Waals surface area contributed by atoms with E-state index in [1.54, 1.807) is 4.90 Å². The molecule has 4 aromatic rings. The molecule has 1 saturated heterocycles. The van der Waals surface area contributed by atoms with Crippen LogP contribution in [0, 0.1) is 5.92 Å². The summed E-state index contributed by atoms with van der Waals surface area (Å²) in [5.41, 5.74) is 4.43. The molecule has 5 rings (SSSR count). The van der Waals surface area contributed by atoms with E-state index in [0.717, 1.165) is 22.5 Å². The van der Waals surface area contributed by atoms with Gasteiger partial charge in [-0.2, -0.15) is 0 Å². The van der Waals surface area contributed by atoms with Crippen LogP contribution in [0.15, 0.2) is 97.3 Å². The standard InChI is InChI=1S/C28H25N5O2/c34-27-15-22(18-33(27)17-20-7-3-1-4-8-20)28(35)32-24-13-11-23(12-14-24)31-26-16-25(29-19-30-26)21-9-5-2-6-10-21/h1-14,16,19,22H,15,17-18H2,(H,32,35)(H,29,30,31). The van der Waals surface area contributed by atoms with Gasteiger partial charge in [0.2, 0.25) is 11.8 Å². The number of anilines is 3. The van der Waals surface area contributed by atoms with E-state index in [9.17, 15) is 9.59 Å². The lowest BCUT2D eigenvalue weighted by Gasteiger charge is -2.16. The number of carbonyl (C=O) groups is 2. The van der Waals surface area contributed by atoms with Gasteiger partial charge in [-0.15, -0.1) is 0 Å². The third-order valence-corrected chi connectivity index (χ3v) is 5.96. The Labute approximate surface area is 203 Å². The number of nitrogens with one attached hydrogen (secondary N) is 2. The summed E-state index contributed by atoms with van der Waals surface area (Å²) in [5, 5.41) is 6.21. The van der Waals surface area contributed by atoms with E-state index < -0.39 is 0 Å². The molecule has 1 atom stereocenters. The lowest BCUT2D eigenvalue weighted by Crippen LogP contribution is -2.28. The molecule has 1 aliphatic rings. The number of hydrogen-bond acceptors (Lipinski definition) is 5. The Morgan fingerprint density at radius 1 is 0.886 bits per heavy atom. The number of carbonyl (C=O) groups excluding carboxylic acids is 2. The highest BCUT2D eigenvalue weighted by atomic mass is 16.2. The number of amides is 2. The van der Waals surface area contributed by atoms with Gasteiger partial charge in [0.15, 0.2) is 0 Å². The number of hydrogen-bond donors (Lipinski definition) is 2. The number of benzene rings is 3. The molecule has 3 aromatic carbocycles. The van der Waals surface area contributed by atoms with Crippen molar-refractivity contribution in [2.24, 2.45) is 5.92 Å². The minimum atomic E-state index is -0.360. The van der Waals surface area contributed by atoms with Crippen LogP contribution in [-0.2, 0) is 16.1 Å². The molecule has 0 saturated carbocycles. The predicted octanol–water partition coefficient (Wildman–Crippen LogP) is 4.87. The van der Waals surface area contributed by atoms with Gasteiger partial charge in [0, 0.05) is 42.5 Å². The Hall–Kier alpha value is -4.52. The second-order valence-electron chi connectivity index (χ2n) is 8.51. The third-order valence-electron chi connectivity index (χ3n) is 5.96. The average Bonchev–Trinajstić information content (AvgIpc) is 3.26. The van der Waals surface area contributed by atoms with Gasteiger partial charge in [0.1, 0.15) is 12.1 Å². The van der Waals surface area contributed by atoms with Crippen molar-refractivity contribution in [2.45, 2.75) is 13.0 Å². The Bertz CT molecular complexity index is 1310. The lowest BCUT2D eigenvalue weighted by molar-refractivity contribution is -0.128. The van der Waals surface area contributed by atoms with E-state index in [1.807, 2.05) is 91.0 Å². The van der Waals surface area contributed by atoms with Crippen LogP contribution in [0.25, 0.3) is 11.3 Å². The summed E-state index contributed by atoms with van der Waals surface area (Å²) in [4.78, 5) is 35.6. The normalized spacial score (nSPS) is 15.1. The van der Waals surface area contributed by atoms with Gasteiger partial charge in [0.05, 0.1) is 11.6 Å². The van der Waals surface area contributed by atoms with Crippen molar-refractivity contribution in [3.63, 3.8) is 0 Å². The Kier molecular flexibility index (Phi) is 6.48. The van der Waals surface area contributed by atoms with Crippen molar-refractivity contribution in [3.8, 4) is 11.3 Å². The van der Waals surface area contributed by atoms with E-state index in [1.165, 1.54) is 6.33 Å². The van der Waals surface area contributed by atoms with Gasteiger partial charge < -0.3 is 15.5 Å². The highest BCUT2D eigenvalue weighted by Crippen LogP contribution is 2.24. The average molecular weight is 464 g/mol. The molecule has 1 unspecified atom stereocenters. The zero-order valence-corrected chi connectivity index (χ0v) is 19.1. The molecule has 7 nitrogen and oxygen atoms in total. The molecule has 1 fully saturated rings. The second-order valence-corrected chi connectivity index (χ2v) is 8.51. The molecule has 7 heteroatoms.